The topological polar surface area (TPSA) is 97.2 Å². The molecule has 2 rings (SSSR count). The predicted molar refractivity (Wildman–Crippen MR) is 84.2 cm³/mol. The van der Waals surface area contributed by atoms with Gasteiger partial charge >= 0.3 is 5.97 Å². The number of carbonyl (C=O) groups is 2. The van der Waals surface area contributed by atoms with Crippen LogP contribution in [-0.4, -0.2) is 35.6 Å². The highest BCUT2D eigenvalue weighted by Crippen LogP contribution is 2.19. The molecule has 22 heavy (non-hydrogen) atoms. The van der Waals surface area contributed by atoms with E-state index in [0.29, 0.717) is 6.42 Å². The van der Waals surface area contributed by atoms with Gasteiger partial charge in [-0.05, 0) is 25.5 Å². The Bertz CT molecular complexity index is 663. The van der Waals surface area contributed by atoms with Crippen LogP contribution >= 0.6 is 0 Å². The highest BCUT2D eigenvalue weighted by Gasteiger charge is 2.24. The average Bonchev–Trinajstić information content (AvgIpc) is 2.90. The van der Waals surface area contributed by atoms with E-state index in [1.807, 2.05) is 30.5 Å². The molecule has 6 heteroatoms. The summed E-state index contributed by atoms with van der Waals surface area (Å²) < 4.78 is 5.04. The van der Waals surface area contributed by atoms with E-state index < -0.39 is 18.1 Å². The molecule has 0 fully saturated rings. The van der Waals surface area contributed by atoms with Crippen molar-refractivity contribution in [1.29, 1.82) is 0 Å². The Morgan fingerprint density at radius 3 is 2.77 bits per heavy atom. The Kier molecular flexibility index (Phi) is 5.16. The fourth-order valence-electron chi connectivity index (χ4n) is 2.26. The maximum atomic E-state index is 12.1. The minimum absolute atomic E-state index is 0.261. The van der Waals surface area contributed by atoms with Crippen LogP contribution in [0, 0.1) is 0 Å². The van der Waals surface area contributed by atoms with Gasteiger partial charge in [-0.25, -0.2) is 4.79 Å². The molecule has 118 valence electrons. The Morgan fingerprint density at radius 2 is 2.09 bits per heavy atom. The zero-order valence-electron chi connectivity index (χ0n) is 12.8. The summed E-state index contributed by atoms with van der Waals surface area (Å²) >= 11 is 0. The maximum absolute atomic E-state index is 12.1. The first-order chi connectivity index (χ1) is 10.5. The average molecular weight is 303 g/mol. The predicted octanol–water partition coefficient (Wildman–Crippen LogP) is 1.11. The zero-order valence-corrected chi connectivity index (χ0v) is 12.8. The summed E-state index contributed by atoms with van der Waals surface area (Å²) in [5, 5.41) is 3.67. The van der Waals surface area contributed by atoms with E-state index in [0.717, 1.165) is 16.5 Å². The quantitative estimate of drug-likeness (QED) is 0.696. The van der Waals surface area contributed by atoms with Crippen molar-refractivity contribution >= 4 is 22.8 Å². The fraction of sp³-hybridized carbons (Fsp3) is 0.375. The molecule has 1 aromatic heterocycles. The summed E-state index contributed by atoms with van der Waals surface area (Å²) in [4.78, 5) is 27.0. The Hall–Kier alpha value is -2.34. The van der Waals surface area contributed by atoms with E-state index in [4.69, 9.17) is 10.5 Å². The van der Waals surface area contributed by atoms with Crippen LogP contribution in [0.5, 0.6) is 0 Å². The molecule has 6 nitrogen and oxygen atoms in total. The number of hydrogen-bond donors (Lipinski definition) is 3. The van der Waals surface area contributed by atoms with Crippen LogP contribution in [0.1, 0.15) is 19.4 Å². The van der Waals surface area contributed by atoms with Crippen molar-refractivity contribution in [2.75, 3.05) is 6.61 Å². The van der Waals surface area contributed by atoms with Crippen LogP contribution in [0.3, 0.4) is 0 Å². The molecule has 2 atom stereocenters. The number of fused-ring (bicyclic) bond motifs is 1. The molecule has 0 radical (unpaired) electrons. The number of nitrogens with two attached hydrogens (primary N) is 1. The van der Waals surface area contributed by atoms with Gasteiger partial charge in [0.15, 0.2) is 0 Å². The lowest BCUT2D eigenvalue weighted by Gasteiger charge is -2.18. The van der Waals surface area contributed by atoms with Crippen LogP contribution in [0.4, 0.5) is 0 Å². The third-order valence-corrected chi connectivity index (χ3v) is 3.40. The molecule has 1 heterocycles. The molecule has 0 unspecified atom stereocenters. The lowest BCUT2D eigenvalue weighted by Crippen LogP contribution is -2.48. The summed E-state index contributed by atoms with van der Waals surface area (Å²) in [5.74, 6) is -0.834. The van der Waals surface area contributed by atoms with Gasteiger partial charge in [-0.2, -0.15) is 0 Å². The second-order valence-electron chi connectivity index (χ2n) is 5.17. The number of para-hydroxylation sites is 1. The zero-order chi connectivity index (χ0) is 16.1. The number of aromatic nitrogens is 1. The Labute approximate surface area is 129 Å². The summed E-state index contributed by atoms with van der Waals surface area (Å²) in [5.41, 5.74) is 7.48. The second-order valence-corrected chi connectivity index (χ2v) is 5.17. The lowest BCUT2D eigenvalue weighted by molar-refractivity contribution is -0.147. The summed E-state index contributed by atoms with van der Waals surface area (Å²) in [6.07, 6.45) is 2.19. The fourth-order valence-corrected chi connectivity index (χ4v) is 2.26. The number of ether oxygens (including phenoxy) is 1. The van der Waals surface area contributed by atoms with E-state index in [2.05, 4.69) is 10.3 Å². The smallest absolute Gasteiger partial charge is 0.328 e. The van der Waals surface area contributed by atoms with E-state index in [1.165, 1.54) is 0 Å². The molecule has 4 N–H and O–H groups in total. The van der Waals surface area contributed by atoms with Gasteiger partial charge < -0.3 is 20.8 Å². The number of hydrogen-bond acceptors (Lipinski definition) is 4. The van der Waals surface area contributed by atoms with Crippen molar-refractivity contribution in [3.8, 4) is 0 Å². The molecule has 1 amide bonds. The molecular formula is C16H21N3O3. The highest BCUT2D eigenvalue weighted by atomic mass is 16.5. The van der Waals surface area contributed by atoms with Gasteiger partial charge in [0.05, 0.1) is 12.6 Å². The summed E-state index contributed by atoms with van der Waals surface area (Å²) in [6, 6.07) is 6.36. The standard InChI is InChI=1S/C16H21N3O3/c1-3-22-16(21)14(19-15(20)10(2)17)8-11-9-18-13-7-5-4-6-12(11)13/h4-7,9-10,14,18H,3,8,17H2,1-2H3,(H,19,20)/t10-,14-/m0/s1. The van der Waals surface area contributed by atoms with Gasteiger partial charge in [0.1, 0.15) is 6.04 Å². The molecule has 0 saturated heterocycles. The van der Waals surface area contributed by atoms with E-state index in [-0.39, 0.29) is 12.5 Å². The maximum Gasteiger partial charge on any atom is 0.328 e. The second kappa shape index (κ2) is 7.09. The van der Waals surface area contributed by atoms with Crippen LogP contribution in [-0.2, 0) is 20.7 Å². The van der Waals surface area contributed by atoms with Crippen molar-refractivity contribution in [2.45, 2.75) is 32.4 Å². The molecule has 0 bridgehead atoms. The number of rotatable bonds is 6. The Balaban J connectivity index is 2.21. The monoisotopic (exact) mass is 303 g/mol. The van der Waals surface area contributed by atoms with Crippen LogP contribution < -0.4 is 11.1 Å². The third kappa shape index (κ3) is 3.65. The Morgan fingerprint density at radius 1 is 1.36 bits per heavy atom. The van der Waals surface area contributed by atoms with Crippen LogP contribution in [0.25, 0.3) is 10.9 Å². The summed E-state index contributed by atoms with van der Waals surface area (Å²) in [7, 11) is 0. The van der Waals surface area contributed by atoms with Gasteiger partial charge in [-0.3, -0.25) is 4.79 Å². The van der Waals surface area contributed by atoms with Gasteiger partial charge in [0.25, 0.3) is 0 Å². The van der Waals surface area contributed by atoms with Crippen LogP contribution in [0.15, 0.2) is 30.5 Å². The number of esters is 1. The SMILES string of the molecule is CCOC(=O)[C@H](Cc1c[nH]c2ccccc12)NC(=O)[C@H](C)N. The molecule has 2 aromatic rings. The minimum atomic E-state index is -0.752. The van der Waals surface area contributed by atoms with Gasteiger partial charge in [-0.1, -0.05) is 18.2 Å². The molecule has 1 aromatic carbocycles. The van der Waals surface area contributed by atoms with Crippen molar-refractivity contribution in [1.82, 2.24) is 10.3 Å². The molecule has 0 aliphatic rings. The summed E-state index contributed by atoms with van der Waals surface area (Å²) in [6.45, 7) is 3.56. The number of amides is 1. The normalized spacial score (nSPS) is 13.6. The first-order valence-electron chi connectivity index (χ1n) is 7.30. The van der Waals surface area contributed by atoms with E-state index in [1.54, 1.807) is 13.8 Å². The largest absolute Gasteiger partial charge is 0.464 e. The van der Waals surface area contributed by atoms with Crippen molar-refractivity contribution in [3.05, 3.63) is 36.0 Å². The molecule has 0 aliphatic carbocycles. The number of carbonyl (C=O) groups excluding carboxylic acids is 2. The lowest BCUT2D eigenvalue weighted by atomic mass is 10.0. The molecule has 0 spiro atoms. The van der Waals surface area contributed by atoms with E-state index >= 15 is 0 Å². The van der Waals surface area contributed by atoms with Crippen molar-refractivity contribution in [2.24, 2.45) is 5.73 Å². The van der Waals surface area contributed by atoms with Gasteiger partial charge in [0.2, 0.25) is 5.91 Å². The van der Waals surface area contributed by atoms with Crippen molar-refractivity contribution < 1.29 is 14.3 Å². The van der Waals surface area contributed by atoms with Gasteiger partial charge in [-0.15, -0.1) is 0 Å². The van der Waals surface area contributed by atoms with Crippen molar-refractivity contribution in [3.63, 3.8) is 0 Å². The first-order valence-corrected chi connectivity index (χ1v) is 7.30. The first kappa shape index (κ1) is 16.0. The number of benzene rings is 1. The number of H-pyrrole nitrogens is 1. The van der Waals surface area contributed by atoms with Crippen LogP contribution in [0.2, 0.25) is 0 Å². The molecular weight excluding hydrogens is 282 g/mol. The third-order valence-electron chi connectivity index (χ3n) is 3.40. The minimum Gasteiger partial charge on any atom is -0.464 e. The van der Waals surface area contributed by atoms with Gasteiger partial charge in [0, 0.05) is 23.5 Å². The highest BCUT2D eigenvalue weighted by molar-refractivity contribution is 5.88. The van der Waals surface area contributed by atoms with E-state index in [9.17, 15) is 9.59 Å². The number of aromatic amines is 1. The molecule has 0 saturated carbocycles. The number of nitrogens with one attached hydrogen (secondary N) is 2. The molecule has 0 aliphatic heterocycles.